The van der Waals surface area contributed by atoms with Crippen LogP contribution in [0, 0.1) is 0 Å². The van der Waals surface area contributed by atoms with Gasteiger partial charge in [-0.2, -0.15) is 0 Å². The lowest BCUT2D eigenvalue weighted by Gasteiger charge is -2.22. The van der Waals surface area contributed by atoms with Gasteiger partial charge in [-0.25, -0.2) is 8.42 Å². The molecule has 0 aliphatic carbocycles. The Balaban J connectivity index is 2.15. The predicted octanol–water partition coefficient (Wildman–Crippen LogP) is 1.06. The Labute approximate surface area is 120 Å². The number of nitrogens with zero attached hydrogens (tertiary/aromatic N) is 2. The van der Waals surface area contributed by atoms with Crippen LogP contribution in [0.3, 0.4) is 0 Å². The Kier molecular flexibility index (Phi) is 4.65. The fraction of sp³-hybridized carbons (Fsp3) is 0.500. The highest BCUT2D eigenvalue weighted by Gasteiger charge is 2.22. The minimum absolute atomic E-state index is 0.0807. The van der Waals surface area contributed by atoms with E-state index in [0.717, 1.165) is 31.2 Å². The fourth-order valence-electron chi connectivity index (χ4n) is 2.27. The van der Waals surface area contributed by atoms with Crippen molar-refractivity contribution in [2.75, 3.05) is 36.5 Å². The van der Waals surface area contributed by atoms with Crippen molar-refractivity contribution in [1.29, 1.82) is 0 Å². The van der Waals surface area contributed by atoms with Gasteiger partial charge in [0, 0.05) is 25.0 Å². The molecule has 0 bridgehead atoms. The first-order valence-electron chi connectivity index (χ1n) is 6.83. The molecule has 2 rings (SSSR count). The van der Waals surface area contributed by atoms with Crippen molar-refractivity contribution < 1.29 is 8.42 Å². The van der Waals surface area contributed by atoms with Gasteiger partial charge in [-0.1, -0.05) is 18.2 Å². The first kappa shape index (κ1) is 14.8. The molecule has 0 fully saturated rings. The highest BCUT2D eigenvalue weighted by Crippen LogP contribution is 2.27. The van der Waals surface area contributed by atoms with Gasteiger partial charge in [-0.3, -0.25) is 4.99 Å². The monoisotopic (exact) mass is 295 g/mol. The molecule has 1 aliphatic rings. The van der Waals surface area contributed by atoms with Gasteiger partial charge in [0.1, 0.15) is 9.84 Å². The lowest BCUT2D eigenvalue weighted by atomic mass is 10.2. The molecule has 0 atom stereocenters. The highest BCUT2D eigenvalue weighted by molar-refractivity contribution is 7.90. The molecule has 0 aromatic heterocycles. The molecule has 0 amide bonds. The van der Waals surface area contributed by atoms with Crippen molar-refractivity contribution >= 4 is 21.5 Å². The number of anilines is 1. The zero-order chi connectivity index (χ0) is 14.6. The number of hydrogen-bond donors (Lipinski definition) is 1. The number of hydrogen-bond acceptors (Lipinski definition) is 3. The number of sulfone groups is 1. The number of guanidine groups is 1. The van der Waals surface area contributed by atoms with Gasteiger partial charge < -0.3 is 10.2 Å². The molecule has 0 saturated carbocycles. The van der Waals surface area contributed by atoms with E-state index in [1.807, 2.05) is 19.1 Å². The van der Waals surface area contributed by atoms with Crippen LogP contribution < -0.4 is 10.2 Å². The van der Waals surface area contributed by atoms with E-state index in [2.05, 4.69) is 27.3 Å². The van der Waals surface area contributed by atoms with Crippen LogP contribution in [-0.4, -0.2) is 46.0 Å². The molecule has 1 aromatic carbocycles. The fourth-order valence-corrected chi connectivity index (χ4v) is 2.69. The average molecular weight is 295 g/mol. The lowest BCUT2D eigenvalue weighted by Crippen LogP contribution is -2.40. The molecular weight excluding hydrogens is 274 g/mol. The number of para-hydroxylation sites is 1. The quantitative estimate of drug-likeness (QED) is 0.666. The predicted molar refractivity (Wildman–Crippen MR) is 83.2 cm³/mol. The summed E-state index contributed by atoms with van der Waals surface area (Å²) in [7, 11) is -2.97. The van der Waals surface area contributed by atoms with E-state index < -0.39 is 9.84 Å². The van der Waals surface area contributed by atoms with Gasteiger partial charge in [0.05, 0.1) is 12.3 Å². The van der Waals surface area contributed by atoms with Crippen LogP contribution >= 0.6 is 0 Å². The topological polar surface area (TPSA) is 61.8 Å². The normalized spacial score (nSPS) is 15.3. The van der Waals surface area contributed by atoms with Crippen LogP contribution in [0.25, 0.3) is 0 Å². The zero-order valence-corrected chi connectivity index (χ0v) is 12.8. The summed E-state index contributed by atoms with van der Waals surface area (Å²) in [6.45, 7) is 3.94. The molecule has 5 nitrogen and oxygen atoms in total. The minimum Gasteiger partial charge on any atom is -0.356 e. The third kappa shape index (κ3) is 3.72. The van der Waals surface area contributed by atoms with E-state index in [0.29, 0.717) is 6.54 Å². The van der Waals surface area contributed by atoms with E-state index in [1.54, 1.807) is 0 Å². The van der Waals surface area contributed by atoms with Crippen molar-refractivity contribution in [1.82, 2.24) is 5.32 Å². The zero-order valence-electron chi connectivity index (χ0n) is 12.0. The number of aliphatic imine (C=N–C) groups is 1. The van der Waals surface area contributed by atoms with E-state index in [4.69, 9.17) is 0 Å². The van der Waals surface area contributed by atoms with E-state index in [-0.39, 0.29) is 5.75 Å². The van der Waals surface area contributed by atoms with Gasteiger partial charge in [0.2, 0.25) is 0 Å². The van der Waals surface area contributed by atoms with Crippen LogP contribution in [0.5, 0.6) is 0 Å². The smallest absolute Gasteiger partial charge is 0.198 e. The first-order chi connectivity index (χ1) is 9.51. The lowest BCUT2D eigenvalue weighted by molar-refractivity contribution is 0.601. The molecule has 110 valence electrons. The highest BCUT2D eigenvalue weighted by atomic mass is 32.2. The van der Waals surface area contributed by atoms with E-state index >= 15 is 0 Å². The SMILES string of the molecule is CCNC(=NCCS(C)(=O)=O)N1CCc2ccccc21. The number of fused-ring (bicyclic) bond motifs is 1. The summed E-state index contributed by atoms with van der Waals surface area (Å²) < 4.78 is 22.4. The Bertz CT molecular complexity index is 596. The van der Waals surface area contributed by atoms with Gasteiger partial charge in [0.15, 0.2) is 5.96 Å². The average Bonchev–Trinajstić information content (AvgIpc) is 2.80. The van der Waals surface area contributed by atoms with Gasteiger partial charge in [-0.15, -0.1) is 0 Å². The third-order valence-electron chi connectivity index (χ3n) is 3.20. The van der Waals surface area contributed by atoms with Crippen molar-refractivity contribution in [3.8, 4) is 0 Å². The summed E-state index contributed by atoms with van der Waals surface area (Å²) in [4.78, 5) is 6.56. The summed E-state index contributed by atoms with van der Waals surface area (Å²) in [6.07, 6.45) is 2.23. The van der Waals surface area contributed by atoms with Crippen molar-refractivity contribution in [3.05, 3.63) is 29.8 Å². The van der Waals surface area contributed by atoms with E-state index in [1.165, 1.54) is 11.8 Å². The summed E-state index contributed by atoms with van der Waals surface area (Å²) in [5.41, 5.74) is 2.47. The number of benzene rings is 1. The Morgan fingerprint density at radius 3 is 2.85 bits per heavy atom. The molecule has 0 spiro atoms. The van der Waals surface area contributed by atoms with E-state index in [9.17, 15) is 8.42 Å². The van der Waals surface area contributed by atoms with Gasteiger partial charge in [0.25, 0.3) is 0 Å². The van der Waals surface area contributed by atoms with Crippen LogP contribution in [-0.2, 0) is 16.3 Å². The van der Waals surface area contributed by atoms with Crippen LogP contribution in [0.4, 0.5) is 5.69 Å². The standard InChI is InChI=1S/C14H21N3O2S/c1-3-15-14(16-9-11-20(2,18)19)17-10-8-12-6-4-5-7-13(12)17/h4-7H,3,8-11H2,1-2H3,(H,15,16). The maximum atomic E-state index is 11.2. The number of rotatable bonds is 4. The minimum atomic E-state index is -2.97. The maximum absolute atomic E-state index is 11.2. The molecular formula is C14H21N3O2S. The molecule has 1 aliphatic heterocycles. The van der Waals surface area contributed by atoms with Crippen molar-refractivity contribution in [3.63, 3.8) is 0 Å². The molecule has 20 heavy (non-hydrogen) atoms. The van der Waals surface area contributed by atoms with Crippen molar-refractivity contribution in [2.24, 2.45) is 4.99 Å². The third-order valence-corrected chi connectivity index (χ3v) is 4.13. The van der Waals surface area contributed by atoms with Gasteiger partial charge in [-0.05, 0) is 25.0 Å². The molecule has 0 radical (unpaired) electrons. The maximum Gasteiger partial charge on any atom is 0.198 e. The Morgan fingerprint density at radius 2 is 2.15 bits per heavy atom. The molecule has 0 saturated heterocycles. The molecule has 1 aromatic rings. The molecule has 1 N–H and O–H groups in total. The molecule has 6 heteroatoms. The second kappa shape index (κ2) is 6.26. The van der Waals surface area contributed by atoms with Crippen LogP contribution in [0.1, 0.15) is 12.5 Å². The summed E-state index contributed by atoms with van der Waals surface area (Å²) in [5.74, 6) is 0.846. The van der Waals surface area contributed by atoms with Crippen LogP contribution in [0.2, 0.25) is 0 Å². The molecule has 1 heterocycles. The summed E-state index contributed by atoms with van der Waals surface area (Å²) in [6, 6.07) is 8.24. The summed E-state index contributed by atoms with van der Waals surface area (Å²) in [5, 5.41) is 3.23. The second-order valence-electron chi connectivity index (χ2n) is 4.90. The Hall–Kier alpha value is -1.56. The first-order valence-corrected chi connectivity index (χ1v) is 8.89. The van der Waals surface area contributed by atoms with Crippen LogP contribution in [0.15, 0.2) is 29.3 Å². The van der Waals surface area contributed by atoms with Gasteiger partial charge >= 0.3 is 0 Å². The van der Waals surface area contributed by atoms with Crippen molar-refractivity contribution in [2.45, 2.75) is 13.3 Å². The molecule has 0 unspecified atom stereocenters. The second-order valence-corrected chi connectivity index (χ2v) is 7.16. The summed E-state index contributed by atoms with van der Waals surface area (Å²) >= 11 is 0. The number of nitrogens with one attached hydrogen (secondary N) is 1. The Morgan fingerprint density at radius 1 is 1.40 bits per heavy atom. The largest absolute Gasteiger partial charge is 0.356 e.